The minimum absolute atomic E-state index is 0.0319. The normalized spacial score (nSPS) is 11.3. The highest BCUT2D eigenvalue weighted by Crippen LogP contribution is 2.31. The molecule has 3 aromatic rings. The molecule has 2 aromatic heterocycles. The molecular formula is C18H15ClN4O2S. The van der Waals surface area contributed by atoms with Gasteiger partial charge in [0.15, 0.2) is 0 Å². The summed E-state index contributed by atoms with van der Waals surface area (Å²) in [6, 6.07) is 13.0. The molecule has 0 amide bonds. The number of hydrogen-bond donors (Lipinski definition) is 1. The van der Waals surface area contributed by atoms with Gasteiger partial charge in [-0.15, -0.1) is 0 Å². The number of rotatable bonds is 5. The van der Waals surface area contributed by atoms with Crippen molar-refractivity contribution < 1.29 is 8.42 Å². The van der Waals surface area contributed by atoms with Gasteiger partial charge in [0.2, 0.25) is 0 Å². The lowest BCUT2D eigenvalue weighted by molar-refractivity contribution is 0.588. The first-order valence-corrected chi connectivity index (χ1v) is 9.51. The van der Waals surface area contributed by atoms with E-state index >= 15 is 0 Å². The lowest BCUT2D eigenvalue weighted by Crippen LogP contribution is -2.14. The number of halogens is 1. The fraction of sp³-hybridized carbons (Fsp3) is 0.111. The Labute approximate surface area is 156 Å². The zero-order valence-corrected chi connectivity index (χ0v) is 15.4. The molecule has 0 aliphatic carbocycles. The van der Waals surface area contributed by atoms with Gasteiger partial charge >= 0.3 is 0 Å². The Bertz CT molecular complexity index is 1100. The second kappa shape index (κ2) is 7.30. The molecule has 0 bridgehead atoms. The average molecular weight is 387 g/mol. The van der Waals surface area contributed by atoms with Gasteiger partial charge in [-0.25, -0.2) is 17.4 Å². The monoisotopic (exact) mass is 386 g/mol. The summed E-state index contributed by atoms with van der Waals surface area (Å²) >= 11 is 6.18. The van der Waals surface area contributed by atoms with Crippen LogP contribution in [-0.4, -0.2) is 24.4 Å². The largest absolute Gasteiger partial charge is 0.316 e. The summed E-state index contributed by atoms with van der Waals surface area (Å²) in [5, 5.41) is 12.3. The number of benzene rings is 1. The van der Waals surface area contributed by atoms with Gasteiger partial charge < -0.3 is 5.32 Å². The molecule has 2 heterocycles. The van der Waals surface area contributed by atoms with Crippen molar-refractivity contribution in [3.63, 3.8) is 0 Å². The molecule has 26 heavy (non-hydrogen) atoms. The van der Waals surface area contributed by atoms with E-state index in [-0.39, 0.29) is 15.6 Å². The standard InChI is InChI=1S/C18H15ClN4O2S/c1-21-11-14-9-17(16-6-3-7-22-18(16)19)23(12-14)26(24,25)15-5-2-4-13(8-15)10-20/h2-9,12,21H,11H2,1H3. The predicted molar refractivity (Wildman–Crippen MR) is 99.2 cm³/mol. The molecule has 8 heteroatoms. The van der Waals surface area contributed by atoms with Gasteiger partial charge in [0.05, 0.1) is 22.2 Å². The minimum Gasteiger partial charge on any atom is -0.316 e. The fourth-order valence-electron chi connectivity index (χ4n) is 2.61. The zero-order valence-electron chi connectivity index (χ0n) is 13.8. The molecule has 0 spiro atoms. The predicted octanol–water partition coefficient (Wildman–Crippen LogP) is 3.03. The van der Waals surface area contributed by atoms with E-state index in [0.29, 0.717) is 17.8 Å². The average Bonchev–Trinajstić information content (AvgIpc) is 3.07. The molecule has 6 nitrogen and oxygen atoms in total. The number of nitrogens with one attached hydrogen (secondary N) is 1. The van der Waals surface area contributed by atoms with E-state index in [0.717, 1.165) is 5.56 Å². The van der Waals surface area contributed by atoms with E-state index in [1.807, 2.05) is 6.07 Å². The van der Waals surface area contributed by atoms with Crippen LogP contribution in [0.2, 0.25) is 5.15 Å². The Morgan fingerprint density at radius 1 is 1.27 bits per heavy atom. The summed E-state index contributed by atoms with van der Waals surface area (Å²) < 4.78 is 27.6. The maximum atomic E-state index is 13.2. The Kier molecular flexibility index (Phi) is 5.09. The van der Waals surface area contributed by atoms with E-state index in [1.165, 1.54) is 16.1 Å². The maximum absolute atomic E-state index is 13.2. The van der Waals surface area contributed by atoms with Crippen LogP contribution in [0.25, 0.3) is 11.3 Å². The summed E-state index contributed by atoms with van der Waals surface area (Å²) in [6.07, 6.45) is 3.09. The smallest absolute Gasteiger partial charge is 0.268 e. The number of aromatic nitrogens is 2. The van der Waals surface area contributed by atoms with Crippen LogP contribution in [-0.2, 0) is 16.6 Å². The van der Waals surface area contributed by atoms with Crippen molar-refractivity contribution in [3.8, 4) is 17.3 Å². The Morgan fingerprint density at radius 2 is 2.08 bits per heavy atom. The third-order valence-electron chi connectivity index (χ3n) is 3.78. The first-order chi connectivity index (χ1) is 12.5. The first-order valence-electron chi connectivity index (χ1n) is 7.70. The quantitative estimate of drug-likeness (QED) is 0.681. The third-order valence-corrected chi connectivity index (χ3v) is 5.75. The Morgan fingerprint density at radius 3 is 2.77 bits per heavy atom. The van der Waals surface area contributed by atoms with Gasteiger partial charge in [0.1, 0.15) is 5.15 Å². The molecule has 132 valence electrons. The second-order valence-electron chi connectivity index (χ2n) is 5.55. The van der Waals surface area contributed by atoms with Crippen molar-refractivity contribution in [1.82, 2.24) is 14.3 Å². The SMILES string of the molecule is CNCc1cc(-c2cccnc2Cl)n(S(=O)(=O)c2cccc(C#N)c2)c1. The summed E-state index contributed by atoms with van der Waals surface area (Å²) in [7, 11) is -2.14. The second-order valence-corrected chi connectivity index (χ2v) is 7.72. The van der Waals surface area contributed by atoms with Crippen LogP contribution >= 0.6 is 11.6 Å². The molecule has 0 saturated carbocycles. The van der Waals surface area contributed by atoms with Crippen molar-refractivity contribution >= 4 is 21.6 Å². The van der Waals surface area contributed by atoms with Crippen molar-refractivity contribution in [2.45, 2.75) is 11.4 Å². The van der Waals surface area contributed by atoms with Crippen LogP contribution in [0.4, 0.5) is 0 Å². The molecule has 3 rings (SSSR count). The zero-order chi connectivity index (χ0) is 18.7. The molecular weight excluding hydrogens is 372 g/mol. The van der Waals surface area contributed by atoms with E-state index in [2.05, 4.69) is 10.3 Å². The number of nitrogens with zero attached hydrogens (tertiary/aromatic N) is 3. The Hall–Kier alpha value is -2.66. The topological polar surface area (TPSA) is 87.8 Å². The van der Waals surface area contributed by atoms with Gasteiger partial charge in [-0.3, -0.25) is 0 Å². The Balaban J connectivity index is 2.23. The van der Waals surface area contributed by atoms with Gasteiger partial charge in [-0.05, 0) is 49.0 Å². The first kappa shape index (κ1) is 18.1. The number of pyridine rings is 1. The van der Waals surface area contributed by atoms with E-state index < -0.39 is 10.0 Å². The highest BCUT2D eigenvalue weighted by atomic mass is 35.5. The van der Waals surface area contributed by atoms with Crippen molar-refractivity contribution in [1.29, 1.82) is 5.26 Å². The molecule has 0 unspecified atom stereocenters. The lowest BCUT2D eigenvalue weighted by atomic mass is 10.2. The third kappa shape index (κ3) is 3.35. The highest BCUT2D eigenvalue weighted by Gasteiger charge is 2.23. The van der Waals surface area contributed by atoms with E-state index in [9.17, 15) is 8.42 Å². The van der Waals surface area contributed by atoms with Crippen molar-refractivity contribution in [2.24, 2.45) is 0 Å². The van der Waals surface area contributed by atoms with E-state index in [1.54, 1.807) is 49.8 Å². The van der Waals surface area contributed by atoms with Crippen LogP contribution in [0.15, 0.2) is 59.8 Å². The highest BCUT2D eigenvalue weighted by molar-refractivity contribution is 7.90. The summed E-state index contributed by atoms with van der Waals surface area (Å²) in [5.74, 6) is 0. The summed E-state index contributed by atoms with van der Waals surface area (Å²) in [5.41, 5.74) is 1.98. The molecule has 0 aliphatic heterocycles. The van der Waals surface area contributed by atoms with Gasteiger partial charge in [0.25, 0.3) is 10.0 Å². The van der Waals surface area contributed by atoms with Gasteiger partial charge in [-0.1, -0.05) is 17.7 Å². The fourth-order valence-corrected chi connectivity index (χ4v) is 4.26. The number of nitriles is 1. The molecule has 0 saturated heterocycles. The lowest BCUT2D eigenvalue weighted by Gasteiger charge is -2.11. The van der Waals surface area contributed by atoms with Crippen molar-refractivity contribution in [3.05, 3.63) is 71.1 Å². The summed E-state index contributed by atoms with van der Waals surface area (Å²) in [4.78, 5) is 4.06. The van der Waals surface area contributed by atoms with Crippen LogP contribution in [0, 0.1) is 11.3 Å². The van der Waals surface area contributed by atoms with Gasteiger partial charge in [0, 0.05) is 24.5 Å². The van der Waals surface area contributed by atoms with Gasteiger partial charge in [-0.2, -0.15) is 5.26 Å². The van der Waals surface area contributed by atoms with Crippen LogP contribution in [0.3, 0.4) is 0 Å². The number of hydrogen-bond acceptors (Lipinski definition) is 5. The summed E-state index contributed by atoms with van der Waals surface area (Å²) in [6.45, 7) is 0.492. The minimum atomic E-state index is -3.91. The molecule has 0 radical (unpaired) electrons. The van der Waals surface area contributed by atoms with Crippen molar-refractivity contribution in [2.75, 3.05) is 7.05 Å². The molecule has 0 fully saturated rings. The maximum Gasteiger partial charge on any atom is 0.268 e. The van der Waals surface area contributed by atoms with Crippen LogP contribution < -0.4 is 5.32 Å². The van der Waals surface area contributed by atoms with Crippen LogP contribution in [0.1, 0.15) is 11.1 Å². The molecule has 1 N–H and O–H groups in total. The molecule has 0 atom stereocenters. The van der Waals surface area contributed by atoms with Crippen LogP contribution in [0.5, 0.6) is 0 Å². The van der Waals surface area contributed by atoms with E-state index in [4.69, 9.17) is 16.9 Å². The molecule has 1 aromatic carbocycles. The molecule has 0 aliphatic rings.